The molecule has 3 aromatic rings. The standard InChI is InChI=1S/C35H52N6O2Si2/c1-44(2,3)16-14-42-24-40(25-43-15-17-45(4,5)6)34-21-33(29-19-26-9-10-27(18-26)20-29)39-35-30(23-38-41(34)35)28-11-12-32(37-22-28)31-8-7-13-36-31/h7-8,11-12,21-23,26-27,29H,9-10,13-20,24-25H2,1-6H3. The number of pyridine rings is 1. The van der Waals surface area contributed by atoms with Gasteiger partial charge in [-0.3, -0.25) is 9.98 Å². The topological polar surface area (TPSA) is 77.1 Å². The molecule has 45 heavy (non-hydrogen) atoms. The third-order valence-electron chi connectivity index (χ3n) is 9.57. The quantitative estimate of drug-likeness (QED) is 0.101. The number of fused-ring (bicyclic) bond motifs is 3. The third-order valence-corrected chi connectivity index (χ3v) is 13.0. The largest absolute Gasteiger partial charge is 0.361 e. The van der Waals surface area contributed by atoms with Gasteiger partial charge in [0.1, 0.15) is 19.3 Å². The Kier molecular flexibility index (Phi) is 9.75. The van der Waals surface area contributed by atoms with Crippen LogP contribution in [0.3, 0.4) is 0 Å². The molecule has 2 unspecified atom stereocenters. The fourth-order valence-electron chi connectivity index (χ4n) is 6.87. The summed E-state index contributed by atoms with van der Waals surface area (Å²) in [5.74, 6) is 3.12. The van der Waals surface area contributed by atoms with Gasteiger partial charge in [-0.05, 0) is 55.3 Å². The zero-order valence-electron chi connectivity index (χ0n) is 28.3. The maximum Gasteiger partial charge on any atom is 0.165 e. The molecular formula is C35H52N6O2Si2. The molecule has 1 aliphatic heterocycles. The summed E-state index contributed by atoms with van der Waals surface area (Å²) < 4.78 is 14.7. The normalized spacial score (nSPS) is 21.6. The van der Waals surface area contributed by atoms with Gasteiger partial charge >= 0.3 is 0 Å². The maximum absolute atomic E-state index is 6.36. The minimum absolute atomic E-state index is 0.465. The molecule has 0 aromatic carbocycles. The number of aromatic nitrogens is 4. The zero-order valence-corrected chi connectivity index (χ0v) is 30.3. The first kappa shape index (κ1) is 32.3. The van der Waals surface area contributed by atoms with Crippen LogP contribution in [0.4, 0.5) is 5.82 Å². The summed E-state index contributed by atoms with van der Waals surface area (Å²) in [5.41, 5.74) is 5.91. The molecule has 2 bridgehead atoms. The summed E-state index contributed by atoms with van der Waals surface area (Å²) in [5, 5.41) is 4.93. The lowest BCUT2D eigenvalue weighted by Gasteiger charge is -2.30. The molecule has 3 aromatic heterocycles. The second kappa shape index (κ2) is 13.6. The molecule has 0 saturated heterocycles. The lowest BCUT2D eigenvalue weighted by atomic mass is 9.79. The second-order valence-electron chi connectivity index (χ2n) is 15.8. The highest BCUT2D eigenvalue weighted by Gasteiger charge is 2.36. The monoisotopic (exact) mass is 644 g/mol. The third kappa shape index (κ3) is 8.20. The van der Waals surface area contributed by atoms with Gasteiger partial charge in [-0.25, -0.2) is 4.98 Å². The summed E-state index contributed by atoms with van der Waals surface area (Å²) in [6.45, 7) is 17.6. The van der Waals surface area contributed by atoms with Gasteiger partial charge in [0.25, 0.3) is 0 Å². The van der Waals surface area contributed by atoms with Crippen LogP contribution in [0.1, 0.15) is 49.4 Å². The number of hydrogen-bond acceptors (Lipinski definition) is 7. The van der Waals surface area contributed by atoms with Crippen LogP contribution in [0.2, 0.25) is 51.4 Å². The molecule has 2 aliphatic carbocycles. The van der Waals surface area contributed by atoms with E-state index >= 15 is 0 Å². The lowest BCUT2D eigenvalue weighted by Crippen LogP contribution is -2.33. The van der Waals surface area contributed by atoms with Gasteiger partial charge in [-0.2, -0.15) is 9.61 Å². The van der Waals surface area contributed by atoms with E-state index in [1.54, 1.807) is 0 Å². The van der Waals surface area contributed by atoms with Gasteiger partial charge in [-0.15, -0.1) is 0 Å². The lowest BCUT2D eigenvalue weighted by molar-refractivity contribution is 0.0942. The molecule has 2 atom stereocenters. The molecule has 0 spiro atoms. The molecule has 4 heterocycles. The van der Waals surface area contributed by atoms with Crippen LogP contribution >= 0.6 is 0 Å². The summed E-state index contributed by atoms with van der Waals surface area (Å²) >= 11 is 0. The number of ether oxygens (including phenoxy) is 2. The Bertz CT molecular complexity index is 1490. The Hall–Kier alpha value is -2.67. The second-order valence-corrected chi connectivity index (χ2v) is 27.1. The Balaban J connectivity index is 1.35. The SMILES string of the molecule is C[Si](C)(C)CCOCN(COCC[Si](C)(C)C)c1cc(C2CC3CCC(C3)C2)nc2c(-c3ccc(C4=NCC=C4)nc3)cnn12. The maximum atomic E-state index is 6.36. The smallest absolute Gasteiger partial charge is 0.165 e. The Morgan fingerprint density at radius 2 is 1.58 bits per heavy atom. The average Bonchev–Trinajstić information content (AvgIpc) is 3.75. The molecule has 8 nitrogen and oxygen atoms in total. The van der Waals surface area contributed by atoms with E-state index in [1.807, 2.05) is 23.0 Å². The number of anilines is 1. The average molecular weight is 645 g/mol. The van der Waals surface area contributed by atoms with Crippen LogP contribution in [-0.2, 0) is 9.47 Å². The van der Waals surface area contributed by atoms with E-state index in [-0.39, 0.29) is 0 Å². The Morgan fingerprint density at radius 3 is 2.16 bits per heavy atom. The van der Waals surface area contributed by atoms with Gasteiger partial charge < -0.3 is 14.4 Å². The predicted octanol–water partition coefficient (Wildman–Crippen LogP) is 7.87. The van der Waals surface area contributed by atoms with Crippen molar-refractivity contribution in [3.05, 3.63) is 54.1 Å². The number of aliphatic imine (C=N–C) groups is 1. The highest BCUT2D eigenvalue weighted by Crippen LogP contribution is 2.48. The van der Waals surface area contributed by atoms with E-state index in [4.69, 9.17) is 24.5 Å². The number of allylic oxidation sites excluding steroid dienone is 1. The van der Waals surface area contributed by atoms with Gasteiger partial charge in [0.2, 0.25) is 0 Å². The molecule has 0 amide bonds. The van der Waals surface area contributed by atoms with Gasteiger partial charge in [0, 0.05) is 64.4 Å². The van der Waals surface area contributed by atoms with E-state index < -0.39 is 16.1 Å². The van der Waals surface area contributed by atoms with Crippen LogP contribution in [0.15, 0.2) is 47.7 Å². The molecule has 2 saturated carbocycles. The summed E-state index contributed by atoms with van der Waals surface area (Å²) in [6.07, 6.45) is 14.6. The van der Waals surface area contributed by atoms with E-state index in [0.717, 1.165) is 77.7 Å². The highest BCUT2D eigenvalue weighted by molar-refractivity contribution is 6.76. The van der Waals surface area contributed by atoms with Gasteiger partial charge in [0.15, 0.2) is 5.65 Å². The predicted molar refractivity (Wildman–Crippen MR) is 190 cm³/mol. The molecule has 0 N–H and O–H groups in total. The van der Waals surface area contributed by atoms with Crippen LogP contribution in [0.25, 0.3) is 16.8 Å². The van der Waals surface area contributed by atoms with Crippen molar-refractivity contribution in [1.82, 2.24) is 19.6 Å². The minimum atomic E-state index is -1.20. The molecule has 3 aliphatic rings. The Morgan fingerprint density at radius 1 is 0.889 bits per heavy atom. The summed E-state index contributed by atoms with van der Waals surface area (Å²) in [4.78, 5) is 16.9. The first-order valence-corrected chi connectivity index (χ1v) is 24.4. The summed E-state index contributed by atoms with van der Waals surface area (Å²) in [6, 6.07) is 8.74. The highest BCUT2D eigenvalue weighted by atomic mass is 28.3. The summed E-state index contributed by atoms with van der Waals surface area (Å²) in [7, 11) is -2.41. The van der Waals surface area contributed by atoms with Crippen LogP contribution in [-0.4, -0.2) is 74.7 Å². The number of rotatable bonds is 14. The van der Waals surface area contributed by atoms with Crippen LogP contribution < -0.4 is 4.90 Å². The van der Waals surface area contributed by atoms with Crippen molar-refractivity contribution < 1.29 is 9.47 Å². The minimum Gasteiger partial charge on any atom is -0.361 e. The van der Waals surface area contributed by atoms with E-state index in [1.165, 1.54) is 37.8 Å². The van der Waals surface area contributed by atoms with Crippen LogP contribution in [0.5, 0.6) is 0 Å². The zero-order chi connectivity index (χ0) is 31.6. The molecule has 6 rings (SSSR count). The van der Waals surface area contributed by atoms with Crippen molar-refractivity contribution in [1.29, 1.82) is 0 Å². The van der Waals surface area contributed by atoms with Crippen molar-refractivity contribution in [2.75, 3.05) is 38.1 Å². The van der Waals surface area contributed by atoms with Crippen molar-refractivity contribution in [2.45, 2.75) is 89.4 Å². The first-order valence-electron chi connectivity index (χ1n) is 17.0. The number of hydrogen-bond donors (Lipinski definition) is 0. The van der Waals surface area contributed by atoms with Gasteiger partial charge in [-0.1, -0.05) is 64.3 Å². The fraction of sp³-hybridized carbons (Fsp3) is 0.600. The van der Waals surface area contributed by atoms with Crippen LogP contribution in [0, 0.1) is 11.8 Å². The van der Waals surface area contributed by atoms with E-state index in [2.05, 4.69) is 73.4 Å². The van der Waals surface area contributed by atoms with Crippen molar-refractivity contribution >= 4 is 33.3 Å². The number of nitrogens with zero attached hydrogens (tertiary/aromatic N) is 6. The first-order chi connectivity index (χ1) is 21.5. The van der Waals surface area contributed by atoms with E-state index in [9.17, 15) is 0 Å². The van der Waals surface area contributed by atoms with Crippen molar-refractivity contribution in [3.63, 3.8) is 0 Å². The van der Waals surface area contributed by atoms with Crippen molar-refractivity contribution in [2.24, 2.45) is 16.8 Å². The molecule has 10 heteroatoms. The Labute approximate surface area is 271 Å². The van der Waals surface area contributed by atoms with Gasteiger partial charge in [0.05, 0.1) is 24.1 Å². The molecule has 0 radical (unpaired) electrons. The van der Waals surface area contributed by atoms with Crippen molar-refractivity contribution in [3.8, 4) is 11.1 Å². The fourth-order valence-corrected chi connectivity index (χ4v) is 8.38. The molecular weight excluding hydrogens is 593 g/mol. The molecule has 242 valence electrons. The van der Waals surface area contributed by atoms with E-state index in [0.29, 0.717) is 19.4 Å². The molecule has 2 fully saturated rings.